The van der Waals surface area contributed by atoms with Crippen molar-refractivity contribution in [2.45, 2.75) is 24.5 Å². The fraction of sp³-hybridized carbons (Fsp3) is 0.353. The minimum absolute atomic E-state index is 0.0813. The molecule has 132 valence electrons. The first kappa shape index (κ1) is 17.5. The number of carbonyl (C=O) groups excluding carboxylic acids is 1. The molecular formula is C17H20N4O3S. The quantitative estimate of drug-likeness (QED) is 0.590. The summed E-state index contributed by atoms with van der Waals surface area (Å²) in [5.41, 5.74) is 7.59. The molecule has 0 radical (unpaired) electrons. The number of nitrogen functional groups attached to an aromatic ring is 1. The van der Waals surface area contributed by atoms with Crippen molar-refractivity contribution in [3.05, 3.63) is 41.5 Å². The first-order valence-corrected chi connectivity index (χ1v) is 9.30. The van der Waals surface area contributed by atoms with Crippen LogP contribution in [0.3, 0.4) is 0 Å². The van der Waals surface area contributed by atoms with Gasteiger partial charge in [0, 0.05) is 25.0 Å². The van der Waals surface area contributed by atoms with E-state index in [0.29, 0.717) is 36.7 Å². The van der Waals surface area contributed by atoms with E-state index in [4.69, 9.17) is 10.5 Å². The van der Waals surface area contributed by atoms with Gasteiger partial charge in [-0.2, -0.15) is 0 Å². The van der Waals surface area contributed by atoms with Gasteiger partial charge in [-0.25, -0.2) is 9.97 Å². The number of amides is 1. The van der Waals surface area contributed by atoms with Crippen LogP contribution in [0.5, 0.6) is 0 Å². The van der Waals surface area contributed by atoms with E-state index < -0.39 is 10.8 Å². The van der Waals surface area contributed by atoms with Crippen LogP contribution in [0.2, 0.25) is 0 Å². The number of benzene rings is 1. The Bertz CT molecular complexity index is 798. The third kappa shape index (κ3) is 3.85. The van der Waals surface area contributed by atoms with E-state index in [1.165, 1.54) is 0 Å². The van der Waals surface area contributed by atoms with Gasteiger partial charge >= 0.3 is 0 Å². The van der Waals surface area contributed by atoms with Gasteiger partial charge < -0.3 is 10.5 Å². The Balaban J connectivity index is 1.87. The van der Waals surface area contributed by atoms with Crippen molar-refractivity contribution in [1.82, 2.24) is 9.97 Å². The molecule has 0 fully saturated rings. The smallest absolute Gasteiger partial charge is 0.233 e. The highest BCUT2D eigenvalue weighted by Gasteiger charge is 2.32. The normalized spacial score (nSPS) is 14.6. The van der Waals surface area contributed by atoms with Crippen molar-refractivity contribution >= 4 is 28.3 Å². The molecule has 1 aromatic heterocycles. The zero-order valence-electron chi connectivity index (χ0n) is 14.0. The second-order valence-corrected chi connectivity index (χ2v) is 7.20. The van der Waals surface area contributed by atoms with Crippen LogP contribution < -0.4 is 10.6 Å². The second kappa shape index (κ2) is 7.71. The summed E-state index contributed by atoms with van der Waals surface area (Å²) in [7, 11) is 0.217. The first-order valence-electron chi connectivity index (χ1n) is 7.98. The van der Waals surface area contributed by atoms with Gasteiger partial charge in [0.1, 0.15) is 11.6 Å². The average Bonchev–Trinajstić information content (AvgIpc) is 2.92. The molecule has 0 aliphatic carbocycles. The SMILES string of the molecule is COCCCS(=O)c1nc(N)c2c(n1)N(Cc1ccccc1)C(=O)C2. The number of ether oxygens (including phenoxy) is 1. The molecule has 2 N–H and O–H groups in total. The summed E-state index contributed by atoms with van der Waals surface area (Å²) in [4.78, 5) is 22.5. The molecule has 0 bridgehead atoms. The Morgan fingerprint density at radius 2 is 2.04 bits per heavy atom. The minimum atomic E-state index is -1.38. The van der Waals surface area contributed by atoms with Gasteiger partial charge in [-0.15, -0.1) is 0 Å². The van der Waals surface area contributed by atoms with Crippen LogP contribution >= 0.6 is 0 Å². The maximum absolute atomic E-state index is 12.4. The molecule has 1 aromatic carbocycles. The molecule has 8 heteroatoms. The Morgan fingerprint density at radius 3 is 2.76 bits per heavy atom. The number of rotatable bonds is 7. The third-order valence-electron chi connectivity index (χ3n) is 3.95. The number of hydrogen-bond acceptors (Lipinski definition) is 6. The molecule has 3 rings (SSSR count). The molecule has 0 spiro atoms. The van der Waals surface area contributed by atoms with Gasteiger partial charge in [0.15, 0.2) is 0 Å². The molecule has 2 aromatic rings. The molecule has 1 aliphatic heterocycles. The van der Waals surface area contributed by atoms with Crippen molar-refractivity contribution < 1.29 is 13.7 Å². The van der Waals surface area contributed by atoms with Gasteiger partial charge in [-0.05, 0) is 12.0 Å². The van der Waals surface area contributed by atoms with Crippen molar-refractivity contribution in [2.75, 3.05) is 30.1 Å². The van der Waals surface area contributed by atoms with Gasteiger partial charge in [-0.3, -0.25) is 13.9 Å². The molecular weight excluding hydrogens is 340 g/mol. The minimum Gasteiger partial charge on any atom is -0.385 e. The monoisotopic (exact) mass is 360 g/mol. The van der Waals surface area contributed by atoms with Crippen molar-refractivity contribution in [2.24, 2.45) is 0 Å². The number of carbonyl (C=O) groups is 1. The molecule has 1 amide bonds. The standard InChI is InChI=1S/C17H20N4O3S/c1-24-8-5-9-25(23)17-19-15(18)13-10-14(22)21(16(13)20-17)11-12-6-3-2-4-7-12/h2-4,6-7H,5,8-11H2,1H3,(H2,18,19,20). The number of anilines is 2. The average molecular weight is 360 g/mol. The van der Waals surface area contributed by atoms with Gasteiger partial charge in [0.25, 0.3) is 0 Å². The highest BCUT2D eigenvalue weighted by Crippen LogP contribution is 2.32. The highest BCUT2D eigenvalue weighted by molar-refractivity contribution is 7.84. The first-order chi connectivity index (χ1) is 12.1. The Labute approximate surface area is 148 Å². The van der Waals surface area contributed by atoms with E-state index in [-0.39, 0.29) is 23.3 Å². The summed E-state index contributed by atoms with van der Waals surface area (Å²) in [6.07, 6.45) is 0.806. The van der Waals surface area contributed by atoms with Crippen LogP contribution in [0, 0.1) is 0 Å². The van der Waals surface area contributed by atoms with E-state index >= 15 is 0 Å². The molecule has 7 nitrogen and oxygen atoms in total. The lowest BCUT2D eigenvalue weighted by molar-refractivity contribution is -0.117. The van der Waals surface area contributed by atoms with Crippen LogP contribution in [0.25, 0.3) is 0 Å². The van der Waals surface area contributed by atoms with Gasteiger partial charge in [-0.1, -0.05) is 30.3 Å². The molecule has 2 heterocycles. The summed E-state index contributed by atoms with van der Waals surface area (Å²) in [5.74, 6) is 1.00. The zero-order chi connectivity index (χ0) is 17.8. The van der Waals surface area contributed by atoms with Crippen molar-refractivity contribution in [1.29, 1.82) is 0 Å². The second-order valence-electron chi connectivity index (χ2n) is 5.73. The highest BCUT2D eigenvalue weighted by atomic mass is 32.2. The van der Waals surface area contributed by atoms with E-state index in [0.717, 1.165) is 5.56 Å². The molecule has 0 saturated carbocycles. The number of nitrogens with two attached hydrogens (primary N) is 1. The van der Waals surface area contributed by atoms with Crippen LogP contribution in [0.15, 0.2) is 35.5 Å². The Hall–Kier alpha value is -2.32. The summed E-state index contributed by atoms with van der Waals surface area (Å²) in [6.45, 7) is 0.920. The largest absolute Gasteiger partial charge is 0.385 e. The fourth-order valence-electron chi connectivity index (χ4n) is 2.68. The number of hydrogen-bond donors (Lipinski definition) is 1. The van der Waals surface area contributed by atoms with E-state index in [1.807, 2.05) is 30.3 Å². The number of fused-ring (bicyclic) bond motifs is 1. The Kier molecular flexibility index (Phi) is 5.40. The maximum atomic E-state index is 12.4. The summed E-state index contributed by atoms with van der Waals surface area (Å²) < 4.78 is 17.4. The summed E-state index contributed by atoms with van der Waals surface area (Å²) in [6, 6.07) is 9.65. The summed E-state index contributed by atoms with van der Waals surface area (Å²) in [5, 5.41) is 0.167. The zero-order valence-corrected chi connectivity index (χ0v) is 14.8. The van der Waals surface area contributed by atoms with E-state index in [1.54, 1.807) is 12.0 Å². The molecule has 1 unspecified atom stereocenters. The van der Waals surface area contributed by atoms with Crippen molar-refractivity contribution in [3.8, 4) is 0 Å². The van der Waals surface area contributed by atoms with Crippen molar-refractivity contribution in [3.63, 3.8) is 0 Å². The number of nitrogens with zero attached hydrogens (tertiary/aromatic N) is 3. The van der Waals surface area contributed by atoms with E-state index in [2.05, 4.69) is 9.97 Å². The maximum Gasteiger partial charge on any atom is 0.233 e. The summed E-state index contributed by atoms with van der Waals surface area (Å²) >= 11 is 0. The lowest BCUT2D eigenvalue weighted by Gasteiger charge is -2.17. The third-order valence-corrected chi connectivity index (χ3v) is 5.20. The predicted molar refractivity (Wildman–Crippen MR) is 95.5 cm³/mol. The topological polar surface area (TPSA) is 98.4 Å². The molecule has 25 heavy (non-hydrogen) atoms. The lowest BCUT2D eigenvalue weighted by Crippen LogP contribution is -2.27. The van der Waals surface area contributed by atoms with Crippen LogP contribution in [-0.4, -0.2) is 39.6 Å². The predicted octanol–water partition coefficient (Wildman–Crippen LogP) is 1.29. The lowest BCUT2D eigenvalue weighted by atomic mass is 10.2. The number of aromatic nitrogens is 2. The van der Waals surface area contributed by atoms with Crippen LogP contribution in [0.4, 0.5) is 11.6 Å². The Morgan fingerprint density at radius 1 is 1.28 bits per heavy atom. The molecule has 0 saturated heterocycles. The fourth-order valence-corrected chi connectivity index (χ4v) is 3.63. The van der Waals surface area contributed by atoms with Crippen LogP contribution in [0.1, 0.15) is 17.5 Å². The van der Waals surface area contributed by atoms with Gasteiger partial charge in [0.05, 0.1) is 23.8 Å². The molecule has 1 atom stereocenters. The number of methoxy groups -OCH3 is 1. The molecule has 1 aliphatic rings. The van der Waals surface area contributed by atoms with E-state index in [9.17, 15) is 9.00 Å². The van der Waals surface area contributed by atoms with Crippen LogP contribution in [-0.2, 0) is 33.3 Å². The van der Waals surface area contributed by atoms with Gasteiger partial charge in [0.2, 0.25) is 11.1 Å².